The van der Waals surface area contributed by atoms with Gasteiger partial charge in [-0.2, -0.15) is 0 Å². The van der Waals surface area contributed by atoms with Crippen molar-refractivity contribution in [2.24, 2.45) is 0 Å². The summed E-state index contributed by atoms with van der Waals surface area (Å²) >= 11 is 5.62. The first-order chi connectivity index (χ1) is 5.95. The van der Waals surface area contributed by atoms with Gasteiger partial charge in [0.2, 0.25) is 0 Å². The van der Waals surface area contributed by atoms with Gasteiger partial charge in [-0.25, -0.2) is 0 Å². The minimum Gasteiger partial charge on any atom is -1.00 e. The molecule has 0 aliphatic carbocycles. The van der Waals surface area contributed by atoms with Crippen LogP contribution < -0.4 is 12.4 Å². The highest BCUT2D eigenvalue weighted by atomic mass is 35.5. The highest BCUT2D eigenvalue weighted by molar-refractivity contribution is 6.17. The van der Waals surface area contributed by atoms with Crippen molar-refractivity contribution >= 4 is 24.0 Å². The number of hydrogen-bond donors (Lipinski definition) is 0. The largest absolute Gasteiger partial charge is 1.00 e. The second kappa shape index (κ2) is 11.3. The summed E-state index contributed by atoms with van der Waals surface area (Å²) in [4.78, 5) is 2.36. The number of rotatable bonds is 7. The van der Waals surface area contributed by atoms with Crippen LogP contribution >= 0.6 is 24.0 Å². The molecule has 0 spiro atoms. The lowest BCUT2D eigenvalue weighted by Gasteiger charge is -2.25. The third kappa shape index (κ3) is 17.4. The molecule has 96 valence electrons. The standard InChI is InChI=1S/C10H24ClN2.2ClH/c1-12(8-5-7-11)9-6-10-13(2,3)4;;/h5-10H2,1-4H3;2*1H/q+1;;/p-1. The van der Waals surface area contributed by atoms with Crippen molar-refractivity contribution in [3.05, 3.63) is 0 Å². The summed E-state index contributed by atoms with van der Waals surface area (Å²) in [7, 11) is 8.87. The van der Waals surface area contributed by atoms with Crippen LogP contribution in [-0.4, -0.2) is 63.1 Å². The van der Waals surface area contributed by atoms with E-state index in [4.69, 9.17) is 11.6 Å². The van der Waals surface area contributed by atoms with E-state index in [1.54, 1.807) is 0 Å². The normalized spacial score (nSPS) is 10.8. The first-order valence-electron chi connectivity index (χ1n) is 5.00. The molecule has 0 aromatic rings. The molecule has 0 aromatic heterocycles. The maximum absolute atomic E-state index is 5.62. The van der Waals surface area contributed by atoms with Gasteiger partial charge in [-0.1, -0.05) is 0 Å². The summed E-state index contributed by atoms with van der Waals surface area (Å²) in [6.07, 6.45) is 2.37. The smallest absolute Gasteiger partial charge is 0.0792 e. The highest BCUT2D eigenvalue weighted by Gasteiger charge is 2.06. The summed E-state index contributed by atoms with van der Waals surface area (Å²) in [6, 6.07) is 0. The zero-order valence-electron chi connectivity index (χ0n) is 10.3. The van der Waals surface area contributed by atoms with E-state index < -0.39 is 0 Å². The lowest BCUT2D eigenvalue weighted by atomic mass is 10.3. The quantitative estimate of drug-likeness (QED) is 0.430. The minimum absolute atomic E-state index is 0. The number of nitrogens with zero attached hydrogens (tertiary/aromatic N) is 2. The Morgan fingerprint density at radius 3 is 1.93 bits per heavy atom. The molecule has 0 aliphatic rings. The van der Waals surface area contributed by atoms with Gasteiger partial charge in [-0.05, 0) is 20.0 Å². The van der Waals surface area contributed by atoms with E-state index in [-0.39, 0.29) is 24.8 Å². The maximum Gasteiger partial charge on any atom is 0.0792 e. The molecule has 0 bridgehead atoms. The molecule has 0 aromatic carbocycles. The second-order valence-corrected chi connectivity index (χ2v) is 5.09. The average Bonchev–Trinajstić information content (AvgIpc) is 1.98. The molecule has 0 rings (SSSR count). The minimum atomic E-state index is 0. The molecule has 0 N–H and O–H groups in total. The van der Waals surface area contributed by atoms with Gasteiger partial charge in [0.1, 0.15) is 0 Å². The summed E-state index contributed by atoms with van der Waals surface area (Å²) in [5.74, 6) is 0.777. The third-order valence-electron chi connectivity index (χ3n) is 2.04. The van der Waals surface area contributed by atoms with Crippen LogP contribution in [0.5, 0.6) is 0 Å². The molecule has 0 amide bonds. The highest BCUT2D eigenvalue weighted by Crippen LogP contribution is 1.96. The average molecular weight is 280 g/mol. The predicted molar refractivity (Wildman–Crippen MR) is 67.6 cm³/mol. The van der Waals surface area contributed by atoms with Crippen molar-refractivity contribution in [2.75, 3.05) is 53.7 Å². The van der Waals surface area contributed by atoms with Gasteiger partial charge in [0, 0.05) is 18.8 Å². The van der Waals surface area contributed by atoms with Gasteiger partial charge < -0.3 is 21.8 Å². The van der Waals surface area contributed by atoms with Crippen molar-refractivity contribution in [1.82, 2.24) is 4.90 Å². The van der Waals surface area contributed by atoms with Crippen LogP contribution in [0.15, 0.2) is 0 Å². The first-order valence-corrected chi connectivity index (χ1v) is 5.54. The predicted octanol–water partition coefficient (Wildman–Crippen LogP) is -0.931. The molecule has 0 saturated carbocycles. The van der Waals surface area contributed by atoms with Crippen LogP contribution in [0.2, 0.25) is 0 Å². The molecule has 0 atom stereocenters. The summed E-state index contributed by atoms with van der Waals surface area (Å²) < 4.78 is 1.06. The molecule has 2 nitrogen and oxygen atoms in total. The van der Waals surface area contributed by atoms with E-state index in [0.29, 0.717) is 0 Å². The Kier molecular flexibility index (Phi) is 15.9. The first kappa shape index (κ1) is 21.1. The lowest BCUT2D eigenvalue weighted by Crippen LogP contribution is -3.00. The van der Waals surface area contributed by atoms with Crippen LogP contribution in [-0.2, 0) is 0 Å². The van der Waals surface area contributed by atoms with Gasteiger partial charge in [-0.15, -0.1) is 24.0 Å². The Hall–Kier alpha value is 0.790. The fraction of sp³-hybridized carbons (Fsp3) is 1.00. The SMILES string of the molecule is CN(CCCCl)CCC[N+](C)(C)C.Cl.[Cl-]. The fourth-order valence-corrected chi connectivity index (χ4v) is 1.38. The molecule has 0 unspecified atom stereocenters. The van der Waals surface area contributed by atoms with E-state index in [9.17, 15) is 0 Å². The molecule has 0 heterocycles. The zero-order valence-corrected chi connectivity index (χ0v) is 12.6. The van der Waals surface area contributed by atoms with Crippen molar-refractivity contribution in [3.8, 4) is 0 Å². The van der Waals surface area contributed by atoms with Crippen molar-refractivity contribution in [2.45, 2.75) is 12.8 Å². The van der Waals surface area contributed by atoms with Gasteiger partial charge in [0.05, 0.1) is 27.7 Å². The van der Waals surface area contributed by atoms with E-state index >= 15 is 0 Å². The van der Waals surface area contributed by atoms with Crippen molar-refractivity contribution in [3.63, 3.8) is 0 Å². The van der Waals surface area contributed by atoms with Crippen LogP contribution in [0.3, 0.4) is 0 Å². The van der Waals surface area contributed by atoms with E-state index in [1.165, 1.54) is 19.5 Å². The lowest BCUT2D eigenvalue weighted by molar-refractivity contribution is -0.870. The number of hydrogen-bond acceptors (Lipinski definition) is 1. The van der Waals surface area contributed by atoms with E-state index in [1.807, 2.05) is 0 Å². The Morgan fingerprint density at radius 1 is 1.07 bits per heavy atom. The van der Waals surface area contributed by atoms with Crippen LogP contribution in [0.4, 0.5) is 0 Å². The molecular weight excluding hydrogens is 254 g/mol. The Bertz CT molecular complexity index is 126. The van der Waals surface area contributed by atoms with Gasteiger partial charge in [0.25, 0.3) is 0 Å². The molecule has 5 heteroatoms. The summed E-state index contributed by atoms with van der Waals surface area (Å²) in [5.41, 5.74) is 0. The molecule has 0 radical (unpaired) electrons. The number of halogens is 3. The Balaban J connectivity index is -0.000000720. The molecule has 0 fully saturated rings. The summed E-state index contributed by atoms with van der Waals surface area (Å²) in [5, 5.41) is 0. The van der Waals surface area contributed by atoms with Crippen LogP contribution in [0.25, 0.3) is 0 Å². The Labute approximate surface area is 112 Å². The van der Waals surface area contributed by atoms with Crippen LogP contribution in [0.1, 0.15) is 12.8 Å². The van der Waals surface area contributed by atoms with Crippen molar-refractivity contribution in [1.29, 1.82) is 0 Å². The molecule has 15 heavy (non-hydrogen) atoms. The summed E-state index contributed by atoms with van der Waals surface area (Å²) in [6.45, 7) is 3.55. The zero-order chi connectivity index (χ0) is 10.3. The molecular formula is C10H25Cl3N2. The number of quaternary nitrogens is 1. The van der Waals surface area contributed by atoms with Crippen molar-refractivity contribution < 1.29 is 16.9 Å². The van der Waals surface area contributed by atoms with E-state index in [0.717, 1.165) is 23.3 Å². The van der Waals surface area contributed by atoms with Gasteiger partial charge in [-0.3, -0.25) is 0 Å². The third-order valence-corrected chi connectivity index (χ3v) is 2.31. The fourth-order valence-electron chi connectivity index (χ4n) is 1.26. The van der Waals surface area contributed by atoms with E-state index in [2.05, 4.69) is 33.1 Å². The molecule has 0 saturated heterocycles. The monoisotopic (exact) mass is 278 g/mol. The van der Waals surface area contributed by atoms with Gasteiger partial charge >= 0.3 is 0 Å². The number of alkyl halides is 1. The Morgan fingerprint density at radius 2 is 1.53 bits per heavy atom. The molecule has 0 aliphatic heterocycles. The van der Waals surface area contributed by atoms with Gasteiger partial charge in [0.15, 0.2) is 0 Å². The maximum atomic E-state index is 5.62. The second-order valence-electron chi connectivity index (χ2n) is 4.71. The topological polar surface area (TPSA) is 3.24 Å². The van der Waals surface area contributed by atoms with Crippen LogP contribution in [0, 0.1) is 0 Å².